The quantitative estimate of drug-likeness (QED) is 0.626. The van der Waals surface area contributed by atoms with Gasteiger partial charge in [0, 0.05) is 12.4 Å². The average Bonchev–Trinajstić information content (AvgIpc) is 2.56. The van der Waals surface area contributed by atoms with Crippen molar-refractivity contribution in [3.63, 3.8) is 0 Å². The fraction of sp³-hybridized carbons (Fsp3) is 0.429. The Hall–Kier alpha value is -1.36. The number of esters is 1. The standard InChI is InChI=1S/C7H10N2O3/c1-12-6(11)4-5(10)7-8-2-3-9-7/h2-3,5,10H,4H2,1H3,(H,8,9)/t5-/m1/s1. The van der Waals surface area contributed by atoms with E-state index < -0.39 is 12.1 Å². The molecule has 66 valence electrons. The average molecular weight is 170 g/mol. The van der Waals surface area contributed by atoms with E-state index in [-0.39, 0.29) is 6.42 Å². The number of ether oxygens (including phenoxy) is 1. The van der Waals surface area contributed by atoms with Gasteiger partial charge in [-0.2, -0.15) is 0 Å². The van der Waals surface area contributed by atoms with Crippen molar-refractivity contribution in [3.8, 4) is 0 Å². The molecule has 5 heteroatoms. The topological polar surface area (TPSA) is 75.2 Å². The summed E-state index contributed by atoms with van der Waals surface area (Å²) >= 11 is 0. The number of carbonyl (C=O) groups excluding carboxylic acids is 1. The van der Waals surface area contributed by atoms with Crippen LogP contribution in [0.3, 0.4) is 0 Å². The summed E-state index contributed by atoms with van der Waals surface area (Å²) < 4.78 is 4.38. The van der Waals surface area contributed by atoms with Crippen molar-refractivity contribution in [1.29, 1.82) is 0 Å². The second-order valence-electron chi connectivity index (χ2n) is 2.27. The molecule has 0 aliphatic heterocycles. The van der Waals surface area contributed by atoms with Crippen LogP contribution in [-0.4, -0.2) is 28.2 Å². The number of carbonyl (C=O) groups is 1. The minimum absolute atomic E-state index is 0.0794. The molecule has 0 radical (unpaired) electrons. The summed E-state index contributed by atoms with van der Waals surface area (Å²) in [7, 11) is 1.27. The third kappa shape index (κ3) is 2.06. The lowest BCUT2D eigenvalue weighted by Gasteiger charge is -2.04. The lowest BCUT2D eigenvalue weighted by atomic mass is 10.2. The lowest BCUT2D eigenvalue weighted by molar-refractivity contribution is -0.143. The number of H-pyrrole nitrogens is 1. The first kappa shape index (κ1) is 8.73. The molecule has 0 aromatic carbocycles. The highest BCUT2D eigenvalue weighted by molar-refractivity contribution is 5.69. The SMILES string of the molecule is COC(=O)C[C@@H](O)c1ncc[nH]1. The Morgan fingerprint density at radius 3 is 3.17 bits per heavy atom. The Kier molecular flexibility index (Phi) is 2.82. The molecule has 12 heavy (non-hydrogen) atoms. The molecule has 0 aliphatic rings. The molecule has 0 unspecified atom stereocenters. The Labute approximate surface area is 69.4 Å². The number of rotatable bonds is 3. The zero-order chi connectivity index (χ0) is 8.97. The Morgan fingerprint density at radius 1 is 1.92 bits per heavy atom. The highest BCUT2D eigenvalue weighted by Gasteiger charge is 2.14. The van der Waals surface area contributed by atoms with Crippen LogP contribution in [0.2, 0.25) is 0 Å². The number of aliphatic hydroxyl groups excluding tert-OH is 1. The monoisotopic (exact) mass is 170 g/mol. The lowest BCUT2D eigenvalue weighted by Crippen LogP contribution is -2.09. The van der Waals surface area contributed by atoms with E-state index >= 15 is 0 Å². The summed E-state index contributed by atoms with van der Waals surface area (Å²) in [4.78, 5) is 17.2. The third-order valence-corrected chi connectivity index (χ3v) is 1.42. The minimum Gasteiger partial charge on any atom is -0.469 e. The van der Waals surface area contributed by atoms with Crippen LogP contribution in [0.5, 0.6) is 0 Å². The first-order valence-corrected chi connectivity index (χ1v) is 3.48. The Morgan fingerprint density at radius 2 is 2.67 bits per heavy atom. The summed E-state index contributed by atoms with van der Waals surface area (Å²) in [5.74, 6) is -0.0840. The van der Waals surface area contributed by atoms with Gasteiger partial charge in [-0.1, -0.05) is 0 Å². The van der Waals surface area contributed by atoms with Gasteiger partial charge in [-0.05, 0) is 0 Å². The Bertz CT molecular complexity index is 245. The summed E-state index contributed by atoms with van der Waals surface area (Å²) in [6, 6.07) is 0. The summed E-state index contributed by atoms with van der Waals surface area (Å²) in [5.41, 5.74) is 0. The van der Waals surface area contributed by atoms with E-state index in [9.17, 15) is 9.90 Å². The molecule has 0 spiro atoms. The minimum atomic E-state index is -0.910. The van der Waals surface area contributed by atoms with Gasteiger partial charge in [-0.15, -0.1) is 0 Å². The fourth-order valence-corrected chi connectivity index (χ4v) is 0.798. The van der Waals surface area contributed by atoms with Crippen molar-refractivity contribution in [1.82, 2.24) is 9.97 Å². The van der Waals surface area contributed by atoms with E-state index in [1.54, 1.807) is 6.20 Å². The van der Waals surface area contributed by atoms with Crippen LogP contribution in [0.1, 0.15) is 18.3 Å². The maximum absolute atomic E-state index is 10.7. The molecule has 1 atom stereocenters. The number of methoxy groups -OCH3 is 1. The van der Waals surface area contributed by atoms with E-state index in [0.29, 0.717) is 5.82 Å². The van der Waals surface area contributed by atoms with Crippen molar-refractivity contribution in [2.24, 2.45) is 0 Å². The highest BCUT2D eigenvalue weighted by atomic mass is 16.5. The molecule has 0 amide bonds. The van der Waals surface area contributed by atoms with Crippen LogP contribution in [0.4, 0.5) is 0 Å². The second kappa shape index (κ2) is 3.87. The van der Waals surface area contributed by atoms with Gasteiger partial charge < -0.3 is 14.8 Å². The number of hydrogen-bond donors (Lipinski definition) is 2. The highest BCUT2D eigenvalue weighted by Crippen LogP contribution is 2.11. The summed E-state index contributed by atoms with van der Waals surface area (Å²) in [6.45, 7) is 0. The first-order chi connectivity index (χ1) is 5.74. The molecule has 1 rings (SSSR count). The smallest absolute Gasteiger partial charge is 0.308 e. The van der Waals surface area contributed by atoms with Gasteiger partial charge in [0.1, 0.15) is 11.9 Å². The maximum atomic E-state index is 10.7. The number of nitrogens with one attached hydrogen (secondary N) is 1. The molecule has 0 aliphatic carbocycles. The van der Waals surface area contributed by atoms with Gasteiger partial charge in [-0.3, -0.25) is 4.79 Å². The molecule has 0 saturated carbocycles. The predicted octanol–water partition coefficient (Wildman–Crippen LogP) is 0.00620. The van der Waals surface area contributed by atoms with E-state index in [4.69, 9.17) is 0 Å². The largest absolute Gasteiger partial charge is 0.469 e. The van der Waals surface area contributed by atoms with Crippen LogP contribution in [0.15, 0.2) is 12.4 Å². The number of aliphatic hydroxyl groups is 1. The molecular formula is C7H10N2O3. The van der Waals surface area contributed by atoms with Gasteiger partial charge >= 0.3 is 5.97 Å². The van der Waals surface area contributed by atoms with Crippen LogP contribution in [0, 0.1) is 0 Å². The van der Waals surface area contributed by atoms with Crippen molar-refractivity contribution in [2.45, 2.75) is 12.5 Å². The molecule has 2 N–H and O–H groups in total. The van der Waals surface area contributed by atoms with Gasteiger partial charge in [0.05, 0.1) is 13.5 Å². The van der Waals surface area contributed by atoms with Crippen molar-refractivity contribution < 1.29 is 14.6 Å². The van der Waals surface area contributed by atoms with Crippen LogP contribution >= 0.6 is 0 Å². The first-order valence-electron chi connectivity index (χ1n) is 3.48. The number of imidazole rings is 1. The number of aromatic nitrogens is 2. The maximum Gasteiger partial charge on any atom is 0.308 e. The van der Waals surface area contributed by atoms with Crippen LogP contribution < -0.4 is 0 Å². The van der Waals surface area contributed by atoms with Gasteiger partial charge in [-0.25, -0.2) is 4.98 Å². The fourth-order valence-electron chi connectivity index (χ4n) is 0.798. The van der Waals surface area contributed by atoms with Gasteiger partial charge in [0.2, 0.25) is 0 Å². The molecule has 1 aromatic heterocycles. The van der Waals surface area contributed by atoms with Crippen LogP contribution in [-0.2, 0) is 9.53 Å². The summed E-state index contributed by atoms with van der Waals surface area (Å²) in [6.07, 6.45) is 2.10. The second-order valence-corrected chi connectivity index (χ2v) is 2.27. The van der Waals surface area contributed by atoms with Gasteiger partial charge in [0.15, 0.2) is 0 Å². The van der Waals surface area contributed by atoms with Crippen molar-refractivity contribution in [3.05, 3.63) is 18.2 Å². The third-order valence-electron chi connectivity index (χ3n) is 1.42. The molecule has 0 fully saturated rings. The molecule has 1 heterocycles. The van der Waals surface area contributed by atoms with Crippen molar-refractivity contribution >= 4 is 5.97 Å². The molecular weight excluding hydrogens is 160 g/mol. The number of aromatic amines is 1. The number of hydrogen-bond acceptors (Lipinski definition) is 4. The predicted molar refractivity (Wildman–Crippen MR) is 40.2 cm³/mol. The van der Waals surface area contributed by atoms with E-state index in [2.05, 4.69) is 14.7 Å². The summed E-state index contributed by atoms with van der Waals surface area (Å²) in [5, 5.41) is 9.32. The Balaban J connectivity index is 2.49. The van der Waals surface area contributed by atoms with Crippen LogP contribution in [0.25, 0.3) is 0 Å². The normalized spacial score (nSPS) is 12.5. The molecule has 0 saturated heterocycles. The number of nitrogens with zero attached hydrogens (tertiary/aromatic N) is 1. The molecule has 0 bridgehead atoms. The van der Waals surface area contributed by atoms with E-state index in [1.807, 2.05) is 0 Å². The molecule has 5 nitrogen and oxygen atoms in total. The van der Waals surface area contributed by atoms with Crippen molar-refractivity contribution in [2.75, 3.05) is 7.11 Å². The zero-order valence-electron chi connectivity index (χ0n) is 6.65. The van der Waals surface area contributed by atoms with Gasteiger partial charge in [0.25, 0.3) is 0 Å². The zero-order valence-corrected chi connectivity index (χ0v) is 6.65. The molecule has 1 aromatic rings. The van der Waals surface area contributed by atoms with E-state index in [1.165, 1.54) is 13.3 Å². The van der Waals surface area contributed by atoms with E-state index in [0.717, 1.165) is 0 Å².